The third-order valence-electron chi connectivity index (χ3n) is 3.54. The van der Waals surface area contributed by atoms with Crippen molar-refractivity contribution in [3.05, 3.63) is 36.0 Å². The maximum atomic E-state index is 13.6. The van der Waals surface area contributed by atoms with E-state index in [2.05, 4.69) is 15.3 Å². The molecule has 3 rings (SSSR count). The molecule has 116 valence electrons. The summed E-state index contributed by atoms with van der Waals surface area (Å²) in [6, 6.07) is 6.39. The van der Waals surface area contributed by atoms with Crippen molar-refractivity contribution in [3.8, 4) is 0 Å². The number of aromatic amines is 1. The van der Waals surface area contributed by atoms with Gasteiger partial charge in [0.15, 0.2) is 6.10 Å². The maximum Gasteiger partial charge on any atom is 0.399 e. The van der Waals surface area contributed by atoms with Gasteiger partial charge in [-0.15, -0.1) is 0 Å². The molecular weight excluding hydrogens is 299 g/mol. The van der Waals surface area contributed by atoms with Gasteiger partial charge in [-0.25, -0.2) is 4.99 Å². The molecule has 22 heavy (non-hydrogen) atoms. The summed E-state index contributed by atoms with van der Waals surface area (Å²) in [5.41, 5.74) is 0.537. The summed E-state index contributed by atoms with van der Waals surface area (Å²) < 4.78 is 45.7. The van der Waals surface area contributed by atoms with E-state index >= 15 is 0 Å². The van der Waals surface area contributed by atoms with E-state index in [4.69, 9.17) is 4.74 Å². The standard InChI is InChI=1S/C14H12F3N3O2/c1-18-13-20-12(21)11(22-13)10(14(15,16)17)8-6-19-9-5-3-2-4-7(8)9/h2-6,10-11,19H,1H3,(H,18,20,21). The lowest BCUT2D eigenvalue weighted by Crippen LogP contribution is -2.37. The number of alkyl halides is 3. The average molecular weight is 311 g/mol. The highest BCUT2D eigenvalue weighted by Crippen LogP contribution is 2.42. The molecule has 1 aromatic carbocycles. The molecule has 0 aliphatic carbocycles. The molecule has 1 fully saturated rings. The minimum absolute atomic E-state index is 0.0272. The summed E-state index contributed by atoms with van der Waals surface area (Å²) in [5, 5.41) is 2.60. The Morgan fingerprint density at radius 3 is 2.68 bits per heavy atom. The number of fused-ring (bicyclic) bond motifs is 1. The first-order valence-corrected chi connectivity index (χ1v) is 6.49. The highest BCUT2D eigenvalue weighted by Gasteiger charge is 2.53. The second kappa shape index (κ2) is 5.04. The van der Waals surface area contributed by atoms with E-state index in [1.807, 2.05) is 0 Å². The maximum absolute atomic E-state index is 13.6. The highest BCUT2D eigenvalue weighted by atomic mass is 19.4. The lowest BCUT2D eigenvalue weighted by atomic mass is 9.92. The zero-order chi connectivity index (χ0) is 15.9. The molecule has 1 aliphatic rings. The van der Waals surface area contributed by atoms with E-state index in [9.17, 15) is 18.0 Å². The first-order valence-electron chi connectivity index (χ1n) is 6.49. The average Bonchev–Trinajstić information content (AvgIpc) is 3.03. The Morgan fingerprint density at radius 2 is 2.05 bits per heavy atom. The summed E-state index contributed by atoms with van der Waals surface area (Å²) in [4.78, 5) is 18.2. The Hall–Kier alpha value is -2.51. The Bertz CT molecular complexity index is 751. The van der Waals surface area contributed by atoms with Gasteiger partial charge in [-0.2, -0.15) is 13.2 Å². The van der Waals surface area contributed by atoms with Crippen molar-refractivity contribution in [2.75, 3.05) is 7.05 Å². The monoisotopic (exact) mass is 311 g/mol. The molecule has 1 aliphatic heterocycles. The van der Waals surface area contributed by atoms with Crippen LogP contribution in [0.25, 0.3) is 10.9 Å². The molecule has 2 N–H and O–H groups in total. The van der Waals surface area contributed by atoms with Crippen molar-refractivity contribution in [1.29, 1.82) is 0 Å². The Labute approximate surface area is 123 Å². The number of nitrogens with one attached hydrogen (secondary N) is 2. The van der Waals surface area contributed by atoms with Gasteiger partial charge in [-0.3, -0.25) is 10.1 Å². The van der Waals surface area contributed by atoms with Gasteiger partial charge >= 0.3 is 6.18 Å². The fourth-order valence-corrected chi connectivity index (χ4v) is 2.57. The van der Waals surface area contributed by atoms with Crippen molar-refractivity contribution in [2.24, 2.45) is 4.99 Å². The number of benzene rings is 1. The molecule has 2 aromatic rings. The summed E-state index contributed by atoms with van der Waals surface area (Å²) in [6.07, 6.45) is -5.07. The second-order valence-electron chi connectivity index (χ2n) is 4.87. The molecule has 2 atom stereocenters. The predicted octanol–water partition coefficient (Wildman–Crippen LogP) is 2.31. The van der Waals surface area contributed by atoms with Crippen LogP contribution in [0.3, 0.4) is 0 Å². The number of amidine groups is 1. The number of hydrogen-bond donors (Lipinski definition) is 2. The summed E-state index contributed by atoms with van der Waals surface area (Å²) in [6.45, 7) is 0. The second-order valence-corrected chi connectivity index (χ2v) is 4.87. The Kier molecular flexibility index (Phi) is 3.31. The Morgan fingerprint density at radius 1 is 1.32 bits per heavy atom. The van der Waals surface area contributed by atoms with Gasteiger partial charge in [0, 0.05) is 24.1 Å². The number of nitrogens with zero attached hydrogens (tertiary/aromatic N) is 1. The fourth-order valence-electron chi connectivity index (χ4n) is 2.57. The third kappa shape index (κ3) is 2.30. The van der Waals surface area contributed by atoms with Gasteiger partial charge in [-0.1, -0.05) is 18.2 Å². The molecule has 0 bridgehead atoms. The van der Waals surface area contributed by atoms with Crippen molar-refractivity contribution >= 4 is 22.8 Å². The van der Waals surface area contributed by atoms with Gasteiger partial charge in [0.25, 0.3) is 11.9 Å². The van der Waals surface area contributed by atoms with Crippen LogP contribution in [-0.2, 0) is 9.53 Å². The number of carbonyl (C=O) groups is 1. The van der Waals surface area contributed by atoms with Crippen LogP contribution < -0.4 is 5.32 Å². The van der Waals surface area contributed by atoms with E-state index in [-0.39, 0.29) is 11.6 Å². The number of aliphatic imine (C=N–C) groups is 1. The van der Waals surface area contributed by atoms with E-state index in [0.29, 0.717) is 10.9 Å². The van der Waals surface area contributed by atoms with Crippen LogP contribution >= 0.6 is 0 Å². The predicted molar refractivity (Wildman–Crippen MR) is 73.5 cm³/mol. The van der Waals surface area contributed by atoms with Crippen molar-refractivity contribution in [1.82, 2.24) is 10.3 Å². The Balaban J connectivity index is 2.10. The number of amides is 1. The SMILES string of the molecule is CN=C1NC(=O)C(C(c2c[nH]c3ccccc23)C(F)(F)F)O1. The van der Waals surface area contributed by atoms with E-state index < -0.39 is 24.1 Å². The molecule has 1 amide bonds. The van der Waals surface area contributed by atoms with Gasteiger partial charge in [0.1, 0.15) is 5.92 Å². The van der Waals surface area contributed by atoms with Gasteiger partial charge in [0.2, 0.25) is 0 Å². The number of halogens is 3. The first-order chi connectivity index (χ1) is 10.4. The zero-order valence-electron chi connectivity index (χ0n) is 11.4. The van der Waals surface area contributed by atoms with Crippen LogP contribution in [0.5, 0.6) is 0 Å². The van der Waals surface area contributed by atoms with Crippen molar-refractivity contribution in [3.63, 3.8) is 0 Å². The number of aromatic nitrogens is 1. The molecule has 0 spiro atoms. The summed E-state index contributed by atoms with van der Waals surface area (Å²) in [7, 11) is 1.33. The summed E-state index contributed by atoms with van der Waals surface area (Å²) in [5.74, 6) is -2.93. The molecule has 2 heterocycles. The smallest absolute Gasteiger partial charge is 0.399 e. The number of H-pyrrole nitrogens is 1. The van der Waals surface area contributed by atoms with Crippen molar-refractivity contribution in [2.45, 2.75) is 18.2 Å². The van der Waals surface area contributed by atoms with Crippen LogP contribution in [0.15, 0.2) is 35.5 Å². The number of rotatable bonds is 2. The molecule has 2 unspecified atom stereocenters. The van der Waals surface area contributed by atoms with Crippen LogP contribution in [-0.4, -0.2) is 36.2 Å². The molecule has 0 radical (unpaired) electrons. The van der Waals surface area contributed by atoms with Crippen molar-refractivity contribution < 1.29 is 22.7 Å². The number of ether oxygens (including phenoxy) is 1. The van der Waals surface area contributed by atoms with Gasteiger partial charge in [-0.05, 0) is 11.6 Å². The summed E-state index contributed by atoms with van der Waals surface area (Å²) >= 11 is 0. The van der Waals surface area contributed by atoms with Crippen LogP contribution in [0, 0.1) is 0 Å². The first kappa shape index (κ1) is 14.4. The molecule has 8 heteroatoms. The van der Waals surface area contributed by atoms with Crippen LogP contribution in [0.2, 0.25) is 0 Å². The quantitative estimate of drug-likeness (QED) is 0.894. The minimum Gasteiger partial charge on any atom is -0.451 e. The van der Waals surface area contributed by atoms with E-state index in [1.165, 1.54) is 13.2 Å². The van der Waals surface area contributed by atoms with Crippen LogP contribution in [0.1, 0.15) is 11.5 Å². The lowest BCUT2D eigenvalue weighted by Gasteiger charge is -2.23. The third-order valence-corrected chi connectivity index (χ3v) is 3.54. The molecule has 5 nitrogen and oxygen atoms in total. The largest absolute Gasteiger partial charge is 0.451 e. The number of para-hydroxylation sites is 1. The molecule has 1 saturated heterocycles. The topological polar surface area (TPSA) is 66.5 Å². The van der Waals surface area contributed by atoms with Gasteiger partial charge in [0.05, 0.1) is 0 Å². The molecular formula is C14H12F3N3O2. The van der Waals surface area contributed by atoms with Crippen LogP contribution in [0.4, 0.5) is 13.2 Å². The number of hydrogen-bond acceptors (Lipinski definition) is 3. The molecule has 0 saturated carbocycles. The normalized spacial score (nSPS) is 21.9. The molecule has 1 aromatic heterocycles. The van der Waals surface area contributed by atoms with Gasteiger partial charge < -0.3 is 9.72 Å². The van der Waals surface area contributed by atoms with E-state index in [0.717, 1.165) is 0 Å². The van der Waals surface area contributed by atoms with E-state index in [1.54, 1.807) is 24.3 Å². The zero-order valence-corrected chi connectivity index (χ0v) is 11.4. The minimum atomic E-state index is -4.64. The fraction of sp³-hybridized carbons (Fsp3) is 0.286. The highest BCUT2D eigenvalue weighted by molar-refractivity contribution is 6.03. The number of carbonyl (C=O) groups excluding carboxylic acids is 1. The lowest BCUT2D eigenvalue weighted by molar-refractivity contribution is -0.172.